The van der Waals surface area contributed by atoms with E-state index in [0.717, 1.165) is 26.1 Å². The van der Waals surface area contributed by atoms with Crippen molar-refractivity contribution in [3.05, 3.63) is 30.0 Å². The zero-order chi connectivity index (χ0) is 16.1. The molecule has 128 valence electrons. The van der Waals surface area contributed by atoms with Gasteiger partial charge in [0.1, 0.15) is 0 Å². The zero-order valence-corrected chi connectivity index (χ0v) is 15.3. The first kappa shape index (κ1) is 21.5. The Morgan fingerprint density at radius 1 is 0.818 bits per heavy atom. The summed E-state index contributed by atoms with van der Waals surface area (Å²) in [5.74, 6) is 0.668. The van der Waals surface area contributed by atoms with Crippen LogP contribution in [0.15, 0.2) is 30.0 Å². The summed E-state index contributed by atoms with van der Waals surface area (Å²) in [6.45, 7) is 3.77. The number of hydrogen-bond donors (Lipinski definition) is 0. The van der Waals surface area contributed by atoms with E-state index in [9.17, 15) is 0 Å². The zero-order valence-electron chi connectivity index (χ0n) is 14.5. The average molecular weight is 327 g/mol. The lowest BCUT2D eigenvalue weighted by Crippen LogP contribution is -1.92. The molecule has 0 atom stereocenters. The summed E-state index contributed by atoms with van der Waals surface area (Å²) in [6.07, 6.45) is 22.5. The molecular weight excluding hydrogens is 292 g/mol. The standard InChI is InChI=1S/C20H35ClO/c1-2-3-4-5-6-7-8-9-10-13-16-19-22-20-17-14-11-12-15-18-21/h12-14,16H,2-10,15,17-20H2,1H3. The number of ether oxygens (including phenoxy) is 1. The summed E-state index contributed by atoms with van der Waals surface area (Å²) < 4.78 is 5.52. The fourth-order valence-corrected chi connectivity index (χ4v) is 2.29. The van der Waals surface area contributed by atoms with Gasteiger partial charge in [-0.05, 0) is 37.8 Å². The summed E-state index contributed by atoms with van der Waals surface area (Å²) in [6, 6.07) is 0. The van der Waals surface area contributed by atoms with E-state index in [1.807, 2.05) is 12.2 Å². The van der Waals surface area contributed by atoms with Gasteiger partial charge in [0.05, 0.1) is 13.2 Å². The van der Waals surface area contributed by atoms with Gasteiger partial charge in [-0.1, -0.05) is 64.0 Å². The van der Waals surface area contributed by atoms with Crippen molar-refractivity contribution in [2.75, 3.05) is 19.1 Å². The van der Waals surface area contributed by atoms with Crippen molar-refractivity contribution >= 4 is 11.6 Å². The smallest absolute Gasteiger partial charge is 0.0647 e. The Bertz CT molecular complexity index is 290. The van der Waals surface area contributed by atoms with Crippen molar-refractivity contribution in [1.29, 1.82) is 0 Å². The molecule has 0 aliphatic rings. The molecule has 1 nitrogen and oxygen atoms in total. The van der Waals surface area contributed by atoms with Gasteiger partial charge in [-0.3, -0.25) is 0 Å². The minimum absolute atomic E-state index is 0.668. The average Bonchev–Trinajstić information content (AvgIpc) is 2.54. The molecule has 0 aliphatic heterocycles. The largest absolute Gasteiger partial charge is 0.377 e. The van der Waals surface area contributed by atoms with Crippen molar-refractivity contribution in [2.45, 2.75) is 77.6 Å². The predicted octanol–water partition coefficient (Wildman–Crippen LogP) is 6.82. The van der Waals surface area contributed by atoms with Gasteiger partial charge in [-0.2, -0.15) is 0 Å². The maximum atomic E-state index is 5.56. The minimum atomic E-state index is 0.668. The first-order chi connectivity index (χ1) is 10.9. The molecule has 0 bridgehead atoms. The Kier molecular flexibility index (Phi) is 20.1. The second-order valence-corrected chi connectivity index (χ2v) is 6.03. The van der Waals surface area contributed by atoms with Crippen LogP contribution in [0, 0.1) is 0 Å². The number of unbranched alkanes of at least 4 members (excludes halogenated alkanes) is 8. The summed E-state index contributed by atoms with van der Waals surface area (Å²) in [7, 11) is 0. The van der Waals surface area contributed by atoms with E-state index < -0.39 is 0 Å². The first-order valence-electron chi connectivity index (χ1n) is 9.10. The lowest BCUT2D eigenvalue weighted by atomic mass is 10.1. The van der Waals surface area contributed by atoms with Gasteiger partial charge in [0.25, 0.3) is 0 Å². The second-order valence-electron chi connectivity index (χ2n) is 5.65. The SMILES string of the molecule is CCCCCCCCCCC=CCOCCC=C=CCCCl. The second kappa shape index (κ2) is 20.5. The van der Waals surface area contributed by atoms with Crippen molar-refractivity contribution < 1.29 is 4.74 Å². The van der Waals surface area contributed by atoms with E-state index in [1.54, 1.807) is 0 Å². The molecule has 0 spiro atoms. The lowest BCUT2D eigenvalue weighted by Gasteiger charge is -2.00. The van der Waals surface area contributed by atoms with Crippen LogP contribution in [0.2, 0.25) is 0 Å². The highest BCUT2D eigenvalue weighted by Crippen LogP contribution is 2.09. The van der Waals surface area contributed by atoms with Gasteiger partial charge >= 0.3 is 0 Å². The molecule has 0 saturated carbocycles. The Balaban J connectivity index is 3.16. The number of hydrogen-bond acceptors (Lipinski definition) is 1. The van der Waals surface area contributed by atoms with Crippen LogP contribution in [0.25, 0.3) is 0 Å². The molecule has 0 N–H and O–H groups in total. The Hall–Kier alpha value is -0.490. The monoisotopic (exact) mass is 326 g/mol. The number of rotatable bonds is 16. The number of alkyl halides is 1. The van der Waals surface area contributed by atoms with Crippen LogP contribution >= 0.6 is 11.6 Å². The van der Waals surface area contributed by atoms with Crippen LogP contribution < -0.4 is 0 Å². The minimum Gasteiger partial charge on any atom is -0.377 e. The lowest BCUT2D eigenvalue weighted by molar-refractivity contribution is 0.167. The van der Waals surface area contributed by atoms with E-state index in [-0.39, 0.29) is 0 Å². The highest BCUT2D eigenvalue weighted by atomic mass is 35.5. The maximum absolute atomic E-state index is 5.56. The fourth-order valence-electron chi connectivity index (χ4n) is 2.18. The van der Waals surface area contributed by atoms with Crippen LogP contribution in [0.1, 0.15) is 77.6 Å². The molecule has 0 aromatic heterocycles. The van der Waals surface area contributed by atoms with E-state index in [4.69, 9.17) is 16.3 Å². The van der Waals surface area contributed by atoms with Crippen LogP contribution in [0.3, 0.4) is 0 Å². The molecular formula is C20H35ClO. The molecule has 0 aromatic carbocycles. The van der Waals surface area contributed by atoms with Crippen molar-refractivity contribution in [3.63, 3.8) is 0 Å². The molecule has 0 fully saturated rings. The summed E-state index contributed by atoms with van der Waals surface area (Å²) >= 11 is 5.56. The first-order valence-corrected chi connectivity index (χ1v) is 9.63. The molecule has 0 amide bonds. The van der Waals surface area contributed by atoms with E-state index in [2.05, 4.69) is 24.8 Å². The third-order valence-electron chi connectivity index (χ3n) is 3.50. The normalized spacial score (nSPS) is 10.8. The molecule has 0 rings (SSSR count). The molecule has 2 heteroatoms. The number of allylic oxidation sites excluding steroid dienone is 1. The molecule has 0 unspecified atom stereocenters. The van der Waals surface area contributed by atoms with E-state index in [0.29, 0.717) is 5.88 Å². The van der Waals surface area contributed by atoms with Crippen LogP contribution in [0.4, 0.5) is 0 Å². The van der Waals surface area contributed by atoms with Crippen molar-refractivity contribution in [3.8, 4) is 0 Å². The van der Waals surface area contributed by atoms with E-state index >= 15 is 0 Å². The van der Waals surface area contributed by atoms with Crippen LogP contribution in [-0.4, -0.2) is 19.1 Å². The van der Waals surface area contributed by atoms with Gasteiger partial charge in [0.15, 0.2) is 0 Å². The maximum Gasteiger partial charge on any atom is 0.0647 e. The third kappa shape index (κ3) is 19.5. The Morgan fingerprint density at radius 3 is 2.23 bits per heavy atom. The summed E-state index contributed by atoms with van der Waals surface area (Å²) in [4.78, 5) is 0. The molecule has 0 aromatic rings. The topological polar surface area (TPSA) is 9.23 Å². The van der Waals surface area contributed by atoms with Crippen molar-refractivity contribution in [1.82, 2.24) is 0 Å². The van der Waals surface area contributed by atoms with E-state index in [1.165, 1.54) is 57.8 Å². The quantitative estimate of drug-likeness (QED) is 0.131. The molecule has 22 heavy (non-hydrogen) atoms. The Labute approximate surface area is 143 Å². The van der Waals surface area contributed by atoms with Gasteiger partial charge in [0.2, 0.25) is 0 Å². The van der Waals surface area contributed by atoms with Gasteiger partial charge < -0.3 is 4.74 Å². The summed E-state index contributed by atoms with van der Waals surface area (Å²) in [5.41, 5.74) is 3.10. The van der Waals surface area contributed by atoms with Gasteiger partial charge in [-0.15, -0.1) is 17.3 Å². The third-order valence-corrected chi connectivity index (χ3v) is 3.72. The molecule has 0 aliphatic carbocycles. The number of halogens is 1. The van der Waals surface area contributed by atoms with Gasteiger partial charge in [-0.25, -0.2) is 0 Å². The van der Waals surface area contributed by atoms with Crippen LogP contribution in [0.5, 0.6) is 0 Å². The van der Waals surface area contributed by atoms with Gasteiger partial charge in [0, 0.05) is 5.88 Å². The fraction of sp³-hybridized carbons (Fsp3) is 0.750. The van der Waals surface area contributed by atoms with Crippen molar-refractivity contribution in [2.24, 2.45) is 0 Å². The molecule has 0 radical (unpaired) electrons. The highest BCUT2D eigenvalue weighted by Gasteiger charge is 1.90. The van der Waals surface area contributed by atoms with Crippen LogP contribution in [-0.2, 0) is 4.74 Å². The molecule has 0 heterocycles. The molecule has 0 saturated heterocycles. The highest BCUT2D eigenvalue weighted by molar-refractivity contribution is 6.17. The Morgan fingerprint density at radius 2 is 1.50 bits per heavy atom. The summed E-state index contributed by atoms with van der Waals surface area (Å²) in [5, 5.41) is 0. The predicted molar refractivity (Wildman–Crippen MR) is 99.8 cm³/mol.